The van der Waals surface area contributed by atoms with Gasteiger partial charge in [-0.1, -0.05) is 37.3 Å². The standard InChI is InChI=1S/C21H30N2O3/c1-15-13-23(19(25)26-20(2,3)4)17(16-9-7-6-8-10-16)14-22(15)18(24)21(5)11-12-21/h6-10,15,17H,11-14H2,1-5H3/t15-,17-/m1/s1. The molecule has 0 aromatic heterocycles. The molecule has 1 aromatic carbocycles. The third kappa shape index (κ3) is 3.87. The summed E-state index contributed by atoms with van der Waals surface area (Å²) in [7, 11) is 0. The summed E-state index contributed by atoms with van der Waals surface area (Å²) in [5, 5.41) is 0. The van der Waals surface area contributed by atoms with E-state index in [2.05, 4.69) is 0 Å². The van der Waals surface area contributed by atoms with Gasteiger partial charge in [-0.15, -0.1) is 0 Å². The number of hydrogen-bond acceptors (Lipinski definition) is 3. The first-order chi connectivity index (χ1) is 12.1. The summed E-state index contributed by atoms with van der Waals surface area (Å²) in [6, 6.07) is 9.71. The van der Waals surface area contributed by atoms with Crippen molar-refractivity contribution in [1.82, 2.24) is 9.80 Å². The van der Waals surface area contributed by atoms with Gasteiger partial charge < -0.3 is 9.64 Å². The molecule has 26 heavy (non-hydrogen) atoms. The second-order valence-electron chi connectivity index (χ2n) is 8.93. The predicted molar refractivity (Wildman–Crippen MR) is 101 cm³/mol. The van der Waals surface area contributed by atoms with Gasteiger partial charge in [0.25, 0.3) is 0 Å². The number of benzene rings is 1. The molecule has 1 aromatic rings. The van der Waals surface area contributed by atoms with Gasteiger partial charge in [0.1, 0.15) is 5.60 Å². The van der Waals surface area contributed by atoms with Crippen LogP contribution in [0.4, 0.5) is 4.79 Å². The van der Waals surface area contributed by atoms with Crippen molar-refractivity contribution in [2.24, 2.45) is 5.41 Å². The lowest BCUT2D eigenvalue weighted by Crippen LogP contribution is -2.58. The van der Waals surface area contributed by atoms with Gasteiger partial charge in [0.2, 0.25) is 5.91 Å². The maximum absolute atomic E-state index is 13.0. The quantitative estimate of drug-likeness (QED) is 0.803. The number of ether oxygens (including phenoxy) is 1. The highest BCUT2D eigenvalue weighted by Gasteiger charge is 2.50. The highest BCUT2D eigenvalue weighted by molar-refractivity contribution is 5.85. The fraction of sp³-hybridized carbons (Fsp3) is 0.619. The Morgan fingerprint density at radius 3 is 2.23 bits per heavy atom. The van der Waals surface area contributed by atoms with Crippen LogP contribution in [0.3, 0.4) is 0 Å². The van der Waals surface area contributed by atoms with Crippen LogP contribution in [0.15, 0.2) is 30.3 Å². The average molecular weight is 358 g/mol. The fourth-order valence-corrected chi connectivity index (χ4v) is 3.49. The zero-order valence-electron chi connectivity index (χ0n) is 16.5. The van der Waals surface area contributed by atoms with Crippen LogP contribution < -0.4 is 0 Å². The number of carbonyl (C=O) groups is 2. The van der Waals surface area contributed by atoms with Gasteiger partial charge >= 0.3 is 6.09 Å². The lowest BCUT2D eigenvalue weighted by Gasteiger charge is -2.46. The monoisotopic (exact) mass is 358 g/mol. The average Bonchev–Trinajstić information content (AvgIpc) is 3.32. The summed E-state index contributed by atoms with van der Waals surface area (Å²) in [6.45, 7) is 10.7. The number of carbonyl (C=O) groups excluding carboxylic acids is 2. The van der Waals surface area contributed by atoms with E-state index in [0.29, 0.717) is 13.1 Å². The highest BCUT2D eigenvalue weighted by atomic mass is 16.6. The lowest BCUT2D eigenvalue weighted by molar-refractivity contribution is -0.142. The molecule has 5 heteroatoms. The molecule has 3 rings (SSSR count). The summed E-state index contributed by atoms with van der Waals surface area (Å²) < 4.78 is 5.64. The van der Waals surface area contributed by atoms with Crippen LogP contribution in [-0.2, 0) is 9.53 Å². The second kappa shape index (κ2) is 6.60. The summed E-state index contributed by atoms with van der Waals surface area (Å²) in [5.41, 5.74) is 0.281. The first kappa shape index (κ1) is 18.7. The SMILES string of the molecule is C[C@@H]1CN(C(=O)OC(C)(C)C)[C@@H](c2ccccc2)CN1C(=O)C1(C)CC1. The molecule has 0 unspecified atom stereocenters. The Labute approximate surface area is 156 Å². The Morgan fingerprint density at radius 2 is 1.69 bits per heavy atom. The minimum absolute atomic E-state index is 0.0209. The second-order valence-corrected chi connectivity index (χ2v) is 8.93. The molecule has 1 aliphatic heterocycles. The van der Waals surface area contributed by atoms with Gasteiger partial charge in [-0.2, -0.15) is 0 Å². The van der Waals surface area contributed by atoms with Gasteiger partial charge in [0.05, 0.1) is 6.04 Å². The van der Waals surface area contributed by atoms with Crippen molar-refractivity contribution < 1.29 is 14.3 Å². The Balaban J connectivity index is 1.87. The van der Waals surface area contributed by atoms with E-state index in [1.165, 1.54) is 0 Å². The van der Waals surface area contributed by atoms with Gasteiger partial charge in [-0.3, -0.25) is 9.69 Å². The molecular formula is C21H30N2O3. The van der Waals surface area contributed by atoms with E-state index >= 15 is 0 Å². The molecule has 5 nitrogen and oxygen atoms in total. The first-order valence-corrected chi connectivity index (χ1v) is 9.46. The van der Waals surface area contributed by atoms with Crippen LogP contribution in [0, 0.1) is 5.41 Å². The molecule has 0 radical (unpaired) electrons. The van der Waals surface area contributed by atoms with E-state index in [-0.39, 0.29) is 29.5 Å². The van der Waals surface area contributed by atoms with E-state index in [1.54, 1.807) is 4.90 Å². The number of amides is 2. The van der Waals surface area contributed by atoms with Gasteiger partial charge in [0.15, 0.2) is 0 Å². The van der Waals surface area contributed by atoms with E-state index in [9.17, 15) is 9.59 Å². The summed E-state index contributed by atoms with van der Waals surface area (Å²) in [5.74, 6) is 0.217. The topological polar surface area (TPSA) is 49.9 Å². The van der Waals surface area contributed by atoms with Crippen molar-refractivity contribution in [2.45, 2.75) is 65.1 Å². The summed E-state index contributed by atoms with van der Waals surface area (Å²) in [4.78, 5) is 29.5. The fourth-order valence-electron chi connectivity index (χ4n) is 3.49. The van der Waals surface area contributed by atoms with Crippen LogP contribution >= 0.6 is 0 Å². The smallest absolute Gasteiger partial charge is 0.410 e. The Bertz CT molecular complexity index is 676. The molecular weight excluding hydrogens is 328 g/mol. The van der Waals surface area contributed by atoms with Crippen molar-refractivity contribution in [3.8, 4) is 0 Å². The summed E-state index contributed by atoms with van der Waals surface area (Å²) in [6.07, 6.45) is 1.60. The lowest BCUT2D eigenvalue weighted by atomic mass is 9.97. The molecule has 0 spiro atoms. The Morgan fingerprint density at radius 1 is 1.08 bits per heavy atom. The molecule has 1 saturated heterocycles. The molecule has 0 N–H and O–H groups in total. The van der Waals surface area contributed by atoms with Gasteiger partial charge in [-0.25, -0.2) is 4.79 Å². The van der Waals surface area contributed by atoms with E-state index < -0.39 is 5.60 Å². The van der Waals surface area contributed by atoms with Gasteiger partial charge in [-0.05, 0) is 46.1 Å². The van der Waals surface area contributed by atoms with Crippen molar-refractivity contribution in [3.05, 3.63) is 35.9 Å². The van der Waals surface area contributed by atoms with Crippen LogP contribution in [-0.4, -0.2) is 46.5 Å². The largest absolute Gasteiger partial charge is 0.444 e. The maximum atomic E-state index is 13.0. The third-order valence-electron chi connectivity index (χ3n) is 5.33. The number of nitrogens with zero attached hydrogens (tertiary/aromatic N) is 2. The van der Waals surface area contributed by atoms with Crippen molar-refractivity contribution in [2.75, 3.05) is 13.1 Å². The maximum Gasteiger partial charge on any atom is 0.410 e. The van der Waals surface area contributed by atoms with E-state index in [1.807, 2.05) is 69.9 Å². The van der Waals surface area contributed by atoms with Crippen LogP contribution in [0.1, 0.15) is 59.1 Å². The van der Waals surface area contributed by atoms with Crippen LogP contribution in [0.25, 0.3) is 0 Å². The van der Waals surface area contributed by atoms with Gasteiger partial charge in [0, 0.05) is 24.5 Å². The molecule has 142 valence electrons. The molecule has 0 bridgehead atoms. The Kier molecular flexibility index (Phi) is 4.76. The first-order valence-electron chi connectivity index (χ1n) is 9.46. The highest BCUT2D eigenvalue weighted by Crippen LogP contribution is 2.47. The van der Waals surface area contributed by atoms with Crippen molar-refractivity contribution in [1.29, 1.82) is 0 Å². The molecule has 2 amide bonds. The van der Waals surface area contributed by atoms with E-state index in [4.69, 9.17) is 4.74 Å². The normalized spacial score (nSPS) is 25.0. The zero-order chi connectivity index (χ0) is 19.1. The minimum atomic E-state index is -0.546. The minimum Gasteiger partial charge on any atom is -0.444 e. The molecule has 2 atom stereocenters. The zero-order valence-corrected chi connectivity index (χ0v) is 16.5. The Hall–Kier alpha value is -2.04. The van der Waals surface area contributed by atoms with Crippen LogP contribution in [0.5, 0.6) is 0 Å². The summed E-state index contributed by atoms with van der Waals surface area (Å²) >= 11 is 0. The predicted octanol–water partition coefficient (Wildman–Crippen LogP) is 4.00. The molecule has 1 heterocycles. The number of rotatable bonds is 2. The number of piperazine rings is 1. The van der Waals surface area contributed by atoms with Crippen molar-refractivity contribution in [3.63, 3.8) is 0 Å². The third-order valence-corrected chi connectivity index (χ3v) is 5.33. The number of hydrogen-bond donors (Lipinski definition) is 0. The van der Waals surface area contributed by atoms with Crippen molar-refractivity contribution >= 4 is 12.0 Å². The van der Waals surface area contributed by atoms with E-state index in [0.717, 1.165) is 18.4 Å². The molecule has 2 aliphatic rings. The molecule has 1 aliphatic carbocycles. The molecule has 1 saturated carbocycles. The van der Waals surface area contributed by atoms with Crippen LogP contribution in [0.2, 0.25) is 0 Å². The molecule has 2 fully saturated rings.